The Morgan fingerprint density at radius 1 is 0.941 bits per heavy atom. The number of rotatable bonds is 1. The van der Waals surface area contributed by atoms with Gasteiger partial charge < -0.3 is 5.11 Å². The molecule has 1 N–H and O–H groups in total. The standard InChI is InChI=1S/C13H15F3O/c14-13(15,16)11-6-4-10(5-7-11)12(17)8-2-1-3-9-12/h4-7,17H,1-3,8-9H2. The summed E-state index contributed by atoms with van der Waals surface area (Å²) < 4.78 is 37.2. The monoisotopic (exact) mass is 244 g/mol. The number of hydrogen-bond acceptors (Lipinski definition) is 1. The van der Waals surface area contributed by atoms with Crippen LogP contribution in [0.3, 0.4) is 0 Å². The molecule has 2 rings (SSSR count). The normalized spacial score (nSPS) is 20.2. The van der Waals surface area contributed by atoms with Gasteiger partial charge in [-0.1, -0.05) is 31.4 Å². The van der Waals surface area contributed by atoms with Gasteiger partial charge in [0, 0.05) is 0 Å². The number of benzene rings is 1. The van der Waals surface area contributed by atoms with Gasteiger partial charge in [0.2, 0.25) is 0 Å². The van der Waals surface area contributed by atoms with Crippen molar-refractivity contribution in [3.05, 3.63) is 35.4 Å². The van der Waals surface area contributed by atoms with E-state index in [1.54, 1.807) is 0 Å². The average Bonchev–Trinajstić information content (AvgIpc) is 2.29. The van der Waals surface area contributed by atoms with E-state index in [-0.39, 0.29) is 0 Å². The minimum Gasteiger partial charge on any atom is -0.385 e. The molecular weight excluding hydrogens is 229 g/mol. The predicted molar refractivity (Wildman–Crippen MR) is 58.4 cm³/mol. The van der Waals surface area contributed by atoms with Gasteiger partial charge in [0.15, 0.2) is 0 Å². The third-order valence-electron chi connectivity index (χ3n) is 3.43. The predicted octanol–water partition coefficient (Wildman–Crippen LogP) is 3.86. The minimum absolute atomic E-state index is 0.602. The maximum atomic E-state index is 12.4. The summed E-state index contributed by atoms with van der Waals surface area (Å²) in [6.45, 7) is 0. The van der Waals surface area contributed by atoms with Crippen molar-refractivity contribution in [3.8, 4) is 0 Å². The highest BCUT2D eigenvalue weighted by molar-refractivity contribution is 5.29. The fourth-order valence-electron chi connectivity index (χ4n) is 2.39. The van der Waals surface area contributed by atoms with E-state index in [0.717, 1.165) is 31.4 Å². The second-order valence-electron chi connectivity index (χ2n) is 4.67. The second kappa shape index (κ2) is 4.33. The highest BCUT2D eigenvalue weighted by Crippen LogP contribution is 2.38. The van der Waals surface area contributed by atoms with Gasteiger partial charge in [-0.05, 0) is 30.5 Å². The Labute approximate surface area is 98.3 Å². The van der Waals surface area contributed by atoms with E-state index >= 15 is 0 Å². The van der Waals surface area contributed by atoms with E-state index in [4.69, 9.17) is 0 Å². The van der Waals surface area contributed by atoms with E-state index in [0.29, 0.717) is 18.4 Å². The van der Waals surface area contributed by atoms with Crippen molar-refractivity contribution >= 4 is 0 Å². The zero-order valence-electron chi connectivity index (χ0n) is 9.43. The van der Waals surface area contributed by atoms with Crippen LogP contribution in [0, 0.1) is 0 Å². The van der Waals surface area contributed by atoms with Crippen LogP contribution in [0.25, 0.3) is 0 Å². The summed E-state index contributed by atoms with van der Waals surface area (Å²) in [5, 5.41) is 10.4. The summed E-state index contributed by atoms with van der Waals surface area (Å²) in [4.78, 5) is 0. The Hall–Kier alpha value is -1.03. The molecule has 0 radical (unpaired) electrons. The smallest absolute Gasteiger partial charge is 0.385 e. The summed E-state index contributed by atoms with van der Waals surface area (Å²) in [6.07, 6.45) is -0.0948. The van der Waals surface area contributed by atoms with Gasteiger partial charge in [-0.3, -0.25) is 0 Å². The largest absolute Gasteiger partial charge is 0.416 e. The van der Waals surface area contributed by atoms with Crippen LogP contribution in [0.4, 0.5) is 13.2 Å². The van der Waals surface area contributed by atoms with Gasteiger partial charge >= 0.3 is 6.18 Å². The van der Waals surface area contributed by atoms with Crippen molar-refractivity contribution in [1.82, 2.24) is 0 Å². The first-order valence-corrected chi connectivity index (χ1v) is 5.82. The lowest BCUT2D eigenvalue weighted by molar-refractivity contribution is -0.137. The summed E-state index contributed by atoms with van der Waals surface area (Å²) in [5.74, 6) is 0. The minimum atomic E-state index is -4.31. The van der Waals surface area contributed by atoms with Crippen molar-refractivity contribution in [2.45, 2.75) is 43.9 Å². The second-order valence-corrected chi connectivity index (χ2v) is 4.67. The summed E-state index contributed by atoms with van der Waals surface area (Å²) in [7, 11) is 0. The molecular formula is C13H15F3O. The molecule has 17 heavy (non-hydrogen) atoms. The number of aliphatic hydroxyl groups is 1. The van der Waals surface area contributed by atoms with Crippen molar-refractivity contribution in [1.29, 1.82) is 0 Å². The molecule has 0 saturated heterocycles. The van der Waals surface area contributed by atoms with Crippen molar-refractivity contribution in [2.24, 2.45) is 0 Å². The van der Waals surface area contributed by atoms with Gasteiger partial charge in [0.05, 0.1) is 11.2 Å². The number of hydrogen-bond donors (Lipinski definition) is 1. The average molecular weight is 244 g/mol. The van der Waals surface area contributed by atoms with Crippen LogP contribution in [-0.4, -0.2) is 5.11 Å². The molecule has 0 amide bonds. The lowest BCUT2D eigenvalue weighted by Crippen LogP contribution is -2.28. The topological polar surface area (TPSA) is 20.2 Å². The maximum absolute atomic E-state index is 12.4. The Morgan fingerprint density at radius 3 is 1.94 bits per heavy atom. The fraction of sp³-hybridized carbons (Fsp3) is 0.538. The zero-order valence-corrected chi connectivity index (χ0v) is 9.43. The highest BCUT2D eigenvalue weighted by Gasteiger charge is 2.33. The molecule has 1 nitrogen and oxygen atoms in total. The molecule has 4 heteroatoms. The first kappa shape index (κ1) is 12.4. The van der Waals surface area contributed by atoms with E-state index in [1.807, 2.05) is 0 Å². The van der Waals surface area contributed by atoms with Gasteiger partial charge in [-0.25, -0.2) is 0 Å². The Kier molecular flexibility index (Phi) is 3.17. The van der Waals surface area contributed by atoms with Crippen molar-refractivity contribution in [2.75, 3.05) is 0 Å². The van der Waals surface area contributed by atoms with Crippen LogP contribution in [0.2, 0.25) is 0 Å². The lowest BCUT2D eigenvalue weighted by atomic mass is 9.79. The number of halogens is 3. The Balaban J connectivity index is 2.23. The number of alkyl halides is 3. The van der Waals surface area contributed by atoms with Crippen molar-refractivity contribution in [3.63, 3.8) is 0 Å². The van der Waals surface area contributed by atoms with Crippen LogP contribution >= 0.6 is 0 Å². The highest BCUT2D eigenvalue weighted by atomic mass is 19.4. The molecule has 0 atom stereocenters. The van der Waals surface area contributed by atoms with Crippen LogP contribution < -0.4 is 0 Å². The van der Waals surface area contributed by atoms with Gasteiger partial charge in [-0.15, -0.1) is 0 Å². The Morgan fingerprint density at radius 2 is 1.47 bits per heavy atom. The van der Waals surface area contributed by atoms with Crippen LogP contribution in [0.1, 0.15) is 43.2 Å². The molecule has 0 bridgehead atoms. The molecule has 1 aliphatic carbocycles. The van der Waals surface area contributed by atoms with E-state index < -0.39 is 17.3 Å². The molecule has 0 aliphatic heterocycles. The van der Waals surface area contributed by atoms with Crippen LogP contribution in [0.5, 0.6) is 0 Å². The summed E-state index contributed by atoms with van der Waals surface area (Å²) in [5.41, 5.74) is -0.992. The first-order chi connectivity index (χ1) is 7.92. The molecule has 1 saturated carbocycles. The third kappa shape index (κ3) is 2.63. The molecule has 94 valence electrons. The van der Waals surface area contributed by atoms with E-state index in [9.17, 15) is 18.3 Å². The Bertz CT molecular complexity index is 375. The van der Waals surface area contributed by atoms with Gasteiger partial charge in [0.1, 0.15) is 0 Å². The van der Waals surface area contributed by atoms with Crippen molar-refractivity contribution < 1.29 is 18.3 Å². The van der Waals surface area contributed by atoms with Gasteiger partial charge in [0.25, 0.3) is 0 Å². The van der Waals surface area contributed by atoms with Crippen LogP contribution in [-0.2, 0) is 11.8 Å². The first-order valence-electron chi connectivity index (χ1n) is 5.82. The molecule has 1 aromatic carbocycles. The lowest BCUT2D eigenvalue weighted by Gasteiger charge is -2.32. The third-order valence-corrected chi connectivity index (χ3v) is 3.43. The van der Waals surface area contributed by atoms with E-state index in [2.05, 4.69) is 0 Å². The fourth-order valence-corrected chi connectivity index (χ4v) is 2.39. The maximum Gasteiger partial charge on any atom is 0.416 e. The van der Waals surface area contributed by atoms with Gasteiger partial charge in [-0.2, -0.15) is 13.2 Å². The SMILES string of the molecule is OC1(c2ccc(C(F)(F)F)cc2)CCCCC1. The molecule has 0 unspecified atom stereocenters. The molecule has 0 spiro atoms. The van der Waals surface area contributed by atoms with E-state index in [1.165, 1.54) is 12.1 Å². The van der Waals surface area contributed by atoms with Crippen LogP contribution in [0.15, 0.2) is 24.3 Å². The molecule has 0 aromatic heterocycles. The molecule has 1 aliphatic rings. The zero-order chi connectivity index (χ0) is 12.5. The molecule has 1 fully saturated rings. The summed E-state index contributed by atoms with van der Waals surface area (Å²) in [6, 6.07) is 4.88. The molecule has 1 aromatic rings. The summed E-state index contributed by atoms with van der Waals surface area (Å²) >= 11 is 0. The molecule has 0 heterocycles. The quantitative estimate of drug-likeness (QED) is 0.795.